The van der Waals surface area contributed by atoms with Gasteiger partial charge in [0.2, 0.25) is 0 Å². The summed E-state index contributed by atoms with van der Waals surface area (Å²) >= 11 is 0. The Kier molecular flexibility index (Phi) is 4.47. The number of nitrogens with zero attached hydrogens (tertiary/aromatic N) is 1. The molecule has 0 bridgehead atoms. The molecule has 3 aromatic rings. The molecule has 126 valence electrons. The van der Waals surface area contributed by atoms with Crippen molar-refractivity contribution in [3.8, 4) is 5.75 Å². The van der Waals surface area contributed by atoms with Crippen molar-refractivity contribution in [1.82, 2.24) is 15.8 Å². The number of hydrogen-bond donors (Lipinski definition) is 3. The molecule has 0 spiro atoms. The van der Waals surface area contributed by atoms with Gasteiger partial charge < -0.3 is 10.5 Å². The first kappa shape index (κ1) is 16.3. The lowest BCUT2D eigenvalue weighted by molar-refractivity contribution is 0.0845. The number of rotatable bonds is 3. The number of ether oxygens (including phenoxy) is 1. The van der Waals surface area contributed by atoms with E-state index in [2.05, 4.69) is 15.8 Å². The fraction of sp³-hybridized carbons (Fsp3) is 0.0556. The lowest BCUT2D eigenvalue weighted by atomic mass is 10.1. The molecule has 1 heterocycles. The van der Waals surface area contributed by atoms with Crippen molar-refractivity contribution in [3.05, 3.63) is 65.9 Å². The van der Waals surface area contributed by atoms with Crippen LogP contribution in [0, 0.1) is 0 Å². The van der Waals surface area contributed by atoms with Crippen LogP contribution in [0.4, 0.5) is 5.69 Å². The van der Waals surface area contributed by atoms with Crippen LogP contribution >= 0.6 is 0 Å². The maximum atomic E-state index is 12.3. The first-order valence-electron chi connectivity index (χ1n) is 7.48. The topological polar surface area (TPSA) is 106 Å². The van der Waals surface area contributed by atoms with E-state index in [1.807, 2.05) is 12.1 Å². The number of aromatic nitrogens is 1. The van der Waals surface area contributed by atoms with Gasteiger partial charge in [-0.1, -0.05) is 30.3 Å². The Morgan fingerprint density at radius 2 is 1.60 bits per heavy atom. The number of anilines is 1. The van der Waals surface area contributed by atoms with Crippen LogP contribution in [0.5, 0.6) is 5.75 Å². The van der Waals surface area contributed by atoms with E-state index in [1.165, 1.54) is 13.3 Å². The van der Waals surface area contributed by atoms with Crippen molar-refractivity contribution in [1.29, 1.82) is 0 Å². The Morgan fingerprint density at radius 3 is 2.36 bits per heavy atom. The number of nitrogen functional groups attached to an aromatic ring is 1. The summed E-state index contributed by atoms with van der Waals surface area (Å²) in [5, 5.41) is 0.672. The van der Waals surface area contributed by atoms with Crippen LogP contribution in [-0.4, -0.2) is 23.9 Å². The molecule has 3 rings (SSSR count). The Hall–Kier alpha value is -3.61. The van der Waals surface area contributed by atoms with Crippen LogP contribution in [0.15, 0.2) is 54.7 Å². The average Bonchev–Trinajstić information content (AvgIpc) is 2.66. The first-order chi connectivity index (χ1) is 12.1. The third-order valence-corrected chi connectivity index (χ3v) is 3.70. The smallest absolute Gasteiger partial charge is 0.273 e. The molecule has 7 nitrogen and oxygen atoms in total. The second-order valence-electron chi connectivity index (χ2n) is 5.21. The Labute approximate surface area is 143 Å². The zero-order valence-electron chi connectivity index (χ0n) is 13.4. The van der Waals surface area contributed by atoms with Crippen molar-refractivity contribution in [2.75, 3.05) is 12.8 Å². The number of amides is 2. The summed E-state index contributed by atoms with van der Waals surface area (Å²) < 4.78 is 5.12. The molecule has 0 radical (unpaired) electrons. The van der Waals surface area contributed by atoms with Crippen LogP contribution in [0.2, 0.25) is 0 Å². The third-order valence-electron chi connectivity index (χ3n) is 3.70. The van der Waals surface area contributed by atoms with Gasteiger partial charge in [0, 0.05) is 11.6 Å². The molecule has 2 amide bonds. The van der Waals surface area contributed by atoms with E-state index < -0.39 is 11.8 Å². The van der Waals surface area contributed by atoms with Crippen molar-refractivity contribution in [3.63, 3.8) is 0 Å². The van der Waals surface area contributed by atoms with E-state index in [0.717, 1.165) is 0 Å². The molecule has 0 saturated heterocycles. The van der Waals surface area contributed by atoms with E-state index in [1.54, 1.807) is 36.4 Å². The van der Waals surface area contributed by atoms with Crippen LogP contribution in [0.1, 0.15) is 20.7 Å². The Bertz CT molecular complexity index is 956. The lowest BCUT2D eigenvalue weighted by Gasteiger charge is -2.11. The van der Waals surface area contributed by atoms with Gasteiger partial charge in [0.1, 0.15) is 5.75 Å². The zero-order valence-corrected chi connectivity index (χ0v) is 13.4. The van der Waals surface area contributed by atoms with Gasteiger partial charge in [0.25, 0.3) is 11.8 Å². The highest BCUT2D eigenvalue weighted by Crippen LogP contribution is 2.22. The number of nitrogens with two attached hydrogens (primary N) is 1. The molecule has 0 fully saturated rings. The minimum Gasteiger partial charge on any atom is -0.496 e. The van der Waals surface area contributed by atoms with Crippen LogP contribution in [0.3, 0.4) is 0 Å². The van der Waals surface area contributed by atoms with E-state index in [-0.39, 0.29) is 5.56 Å². The van der Waals surface area contributed by atoms with Crippen molar-refractivity contribution in [2.45, 2.75) is 0 Å². The maximum Gasteiger partial charge on any atom is 0.273 e. The number of hydrazine groups is 1. The summed E-state index contributed by atoms with van der Waals surface area (Å²) in [6, 6.07) is 13.9. The number of pyridine rings is 1. The van der Waals surface area contributed by atoms with Crippen molar-refractivity contribution < 1.29 is 14.3 Å². The summed E-state index contributed by atoms with van der Waals surface area (Å²) in [6.45, 7) is 0. The van der Waals surface area contributed by atoms with E-state index >= 15 is 0 Å². The van der Waals surface area contributed by atoms with E-state index in [0.29, 0.717) is 27.9 Å². The summed E-state index contributed by atoms with van der Waals surface area (Å²) in [5.74, 6) is -0.654. The lowest BCUT2D eigenvalue weighted by Crippen LogP contribution is -2.42. The van der Waals surface area contributed by atoms with Crippen molar-refractivity contribution >= 4 is 28.4 Å². The maximum absolute atomic E-state index is 12.3. The molecule has 0 saturated carbocycles. The zero-order chi connectivity index (χ0) is 17.8. The highest BCUT2D eigenvalue weighted by atomic mass is 16.5. The second kappa shape index (κ2) is 6.88. The number of benzene rings is 2. The van der Waals surface area contributed by atoms with Crippen LogP contribution in [-0.2, 0) is 0 Å². The normalized spacial score (nSPS) is 10.3. The number of methoxy groups -OCH3 is 1. The van der Waals surface area contributed by atoms with Gasteiger partial charge in [-0.25, -0.2) is 0 Å². The third kappa shape index (κ3) is 3.20. The fourth-order valence-electron chi connectivity index (χ4n) is 2.42. The quantitative estimate of drug-likeness (QED) is 0.633. The van der Waals surface area contributed by atoms with Crippen molar-refractivity contribution in [2.24, 2.45) is 0 Å². The molecule has 0 aliphatic carbocycles. The van der Waals surface area contributed by atoms with Crippen LogP contribution in [0.25, 0.3) is 10.9 Å². The predicted octanol–water partition coefficient (Wildman–Crippen LogP) is 1.90. The number of fused-ring (bicyclic) bond motifs is 1. The highest BCUT2D eigenvalue weighted by molar-refractivity contribution is 6.07. The molecule has 0 atom stereocenters. The minimum atomic E-state index is -0.556. The molecule has 4 N–H and O–H groups in total. The number of para-hydroxylation sites is 2. The monoisotopic (exact) mass is 336 g/mol. The molecule has 7 heteroatoms. The van der Waals surface area contributed by atoms with Gasteiger partial charge in [-0.15, -0.1) is 0 Å². The molecule has 0 aliphatic rings. The molecule has 2 aromatic carbocycles. The summed E-state index contributed by atoms with van der Waals surface area (Å²) in [5.41, 5.74) is 12.2. The van der Waals surface area contributed by atoms with Gasteiger partial charge in [0.15, 0.2) is 0 Å². The van der Waals surface area contributed by atoms with Gasteiger partial charge in [0.05, 0.1) is 29.4 Å². The molecular weight excluding hydrogens is 320 g/mol. The number of nitrogens with one attached hydrogen (secondary N) is 2. The Morgan fingerprint density at radius 1 is 0.960 bits per heavy atom. The largest absolute Gasteiger partial charge is 0.496 e. The summed E-state index contributed by atoms with van der Waals surface area (Å²) in [7, 11) is 1.46. The number of hydrogen-bond acceptors (Lipinski definition) is 5. The minimum absolute atomic E-state index is 0.180. The molecular formula is C18H16N4O3. The van der Waals surface area contributed by atoms with E-state index in [9.17, 15) is 9.59 Å². The number of carbonyl (C=O) groups is 2. The average molecular weight is 336 g/mol. The summed E-state index contributed by atoms with van der Waals surface area (Å²) in [6.07, 6.45) is 1.38. The predicted molar refractivity (Wildman–Crippen MR) is 94.1 cm³/mol. The number of carbonyl (C=O) groups excluding carboxylic acids is 2. The summed E-state index contributed by atoms with van der Waals surface area (Å²) in [4.78, 5) is 28.7. The molecule has 0 aliphatic heterocycles. The van der Waals surface area contributed by atoms with Gasteiger partial charge in [-0.05, 0) is 18.2 Å². The standard InChI is InChI=1S/C18H16N4O3/c1-25-15-9-5-3-7-12(15)17(23)21-22-18(24)13-10-20-14-8-4-2-6-11(14)16(13)19/h2-10H,1H3,(H2,19,20)(H,21,23)(H,22,24). The van der Waals surface area contributed by atoms with Crippen LogP contribution < -0.4 is 21.3 Å². The molecule has 25 heavy (non-hydrogen) atoms. The van der Waals surface area contributed by atoms with Gasteiger partial charge in [-0.3, -0.25) is 25.4 Å². The van der Waals surface area contributed by atoms with E-state index in [4.69, 9.17) is 10.5 Å². The molecule has 0 unspecified atom stereocenters. The molecule has 1 aromatic heterocycles. The highest BCUT2D eigenvalue weighted by Gasteiger charge is 2.16. The fourth-order valence-corrected chi connectivity index (χ4v) is 2.42. The Balaban J connectivity index is 1.77. The van der Waals surface area contributed by atoms with Gasteiger partial charge >= 0.3 is 0 Å². The SMILES string of the molecule is COc1ccccc1C(=O)NNC(=O)c1cnc2ccccc2c1N. The second-order valence-corrected chi connectivity index (χ2v) is 5.21. The first-order valence-corrected chi connectivity index (χ1v) is 7.48. The van der Waals surface area contributed by atoms with Gasteiger partial charge in [-0.2, -0.15) is 0 Å².